The maximum Gasteiger partial charge on any atom is 0.290 e. The van der Waals surface area contributed by atoms with Crippen molar-refractivity contribution in [3.05, 3.63) is 83.8 Å². The molecule has 3 aromatic rings. The number of furan rings is 1. The van der Waals surface area contributed by atoms with Gasteiger partial charge in [0.25, 0.3) is 5.91 Å². The fourth-order valence-corrected chi connectivity index (χ4v) is 4.30. The van der Waals surface area contributed by atoms with Crippen LogP contribution in [-0.4, -0.2) is 54.0 Å². The number of amides is 2. The number of fused-ring (bicyclic) bond motifs is 2. The number of likely N-dealkylation sites (N-methyl/N-ethyl adjacent to an activating group) is 1. The summed E-state index contributed by atoms with van der Waals surface area (Å²) in [7, 11) is 1.74. The highest BCUT2D eigenvalue weighted by Gasteiger charge is 2.38. The Bertz CT molecular complexity index is 1130. The number of rotatable bonds is 4. The minimum atomic E-state index is -0.621. The Morgan fingerprint density at radius 3 is 2.53 bits per heavy atom. The molecule has 2 aliphatic heterocycles. The second kappa shape index (κ2) is 8.42. The van der Waals surface area contributed by atoms with Gasteiger partial charge in [-0.2, -0.15) is 0 Å². The van der Waals surface area contributed by atoms with Crippen molar-refractivity contribution in [1.29, 1.82) is 0 Å². The molecule has 3 heterocycles. The van der Waals surface area contributed by atoms with Crippen LogP contribution in [0.1, 0.15) is 21.7 Å². The Labute approximate surface area is 186 Å². The molecule has 5 rings (SSSR count). The summed E-state index contributed by atoms with van der Waals surface area (Å²) in [5.41, 5.74) is 2.12. The minimum absolute atomic E-state index is 0.137. The molecule has 1 aromatic heterocycles. The smallest absolute Gasteiger partial charge is 0.290 e. The highest BCUT2D eigenvalue weighted by atomic mass is 16.6. The van der Waals surface area contributed by atoms with Crippen molar-refractivity contribution >= 4 is 11.8 Å². The van der Waals surface area contributed by atoms with Crippen molar-refractivity contribution in [2.45, 2.75) is 25.1 Å². The van der Waals surface area contributed by atoms with Crippen LogP contribution in [0.5, 0.6) is 11.5 Å². The lowest BCUT2D eigenvalue weighted by Gasteiger charge is -2.38. The van der Waals surface area contributed by atoms with Gasteiger partial charge in [0.15, 0.2) is 23.4 Å². The molecule has 0 saturated carbocycles. The molecular weight excluding hydrogens is 408 g/mol. The van der Waals surface area contributed by atoms with E-state index in [2.05, 4.69) is 0 Å². The van der Waals surface area contributed by atoms with Gasteiger partial charge in [0.2, 0.25) is 5.91 Å². The summed E-state index contributed by atoms with van der Waals surface area (Å²) < 4.78 is 17.1. The molecule has 2 aliphatic rings. The molecule has 32 heavy (non-hydrogen) atoms. The fraction of sp³-hybridized carbons (Fsp3) is 0.280. The predicted octanol–water partition coefficient (Wildman–Crippen LogP) is 3.15. The first-order chi connectivity index (χ1) is 15.6. The van der Waals surface area contributed by atoms with Crippen LogP contribution >= 0.6 is 0 Å². The van der Waals surface area contributed by atoms with Crippen LogP contribution in [0.3, 0.4) is 0 Å². The summed E-state index contributed by atoms with van der Waals surface area (Å²) in [6, 6.07) is 18.1. The van der Waals surface area contributed by atoms with Gasteiger partial charge in [-0.1, -0.05) is 36.4 Å². The summed E-state index contributed by atoms with van der Waals surface area (Å²) in [6.45, 7) is 1.07. The van der Waals surface area contributed by atoms with Gasteiger partial charge in [-0.15, -0.1) is 0 Å². The highest BCUT2D eigenvalue weighted by Crippen LogP contribution is 2.31. The van der Waals surface area contributed by atoms with E-state index in [1.165, 1.54) is 6.26 Å². The Kier molecular flexibility index (Phi) is 5.31. The monoisotopic (exact) mass is 432 g/mol. The minimum Gasteiger partial charge on any atom is -0.486 e. The van der Waals surface area contributed by atoms with Gasteiger partial charge in [-0.25, -0.2) is 0 Å². The number of hydrogen-bond donors (Lipinski definition) is 0. The number of carbonyl (C=O) groups is 2. The molecule has 164 valence electrons. The lowest BCUT2D eigenvalue weighted by Crippen LogP contribution is -2.54. The van der Waals surface area contributed by atoms with Crippen LogP contribution in [0.15, 0.2) is 71.3 Å². The molecule has 0 aliphatic carbocycles. The van der Waals surface area contributed by atoms with Gasteiger partial charge in [-0.05, 0) is 35.4 Å². The molecular formula is C25H24N2O5. The molecule has 2 amide bonds. The molecule has 0 bridgehead atoms. The fourth-order valence-electron chi connectivity index (χ4n) is 4.30. The third-order valence-electron chi connectivity index (χ3n) is 5.95. The predicted molar refractivity (Wildman–Crippen MR) is 117 cm³/mol. The van der Waals surface area contributed by atoms with Crippen LogP contribution in [0.2, 0.25) is 0 Å². The first-order valence-electron chi connectivity index (χ1n) is 10.6. The number of hydrogen-bond acceptors (Lipinski definition) is 5. The lowest BCUT2D eigenvalue weighted by molar-refractivity contribution is -0.136. The molecule has 0 saturated heterocycles. The zero-order valence-corrected chi connectivity index (χ0v) is 17.8. The van der Waals surface area contributed by atoms with Crippen LogP contribution in [0.25, 0.3) is 0 Å². The molecule has 2 atom stereocenters. The second-order valence-electron chi connectivity index (χ2n) is 8.12. The average molecular weight is 432 g/mol. The maximum absolute atomic E-state index is 13.5. The van der Waals surface area contributed by atoms with Crippen LogP contribution in [-0.2, 0) is 17.8 Å². The summed E-state index contributed by atoms with van der Waals surface area (Å²) in [5.74, 6) is 1.18. The van der Waals surface area contributed by atoms with E-state index in [0.29, 0.717) is 37.6 Å². The van der Waals surface area contributed by atoms with Gasteiger partial charge in [-0.3, -0.25) is 9.59 Å². The lowest BCUT2D eigenvalue weighted by atomic mass is 9.93. The molecule has 7 heteroatoms. The molecule has 0 fully saturated rings. The number of benzene rings is 2. The van der Waals surface area contributed by atoms with Crippen LogP contribution in [0.4, 0.5) is 0 Å². The summed E-state index contributed by atoms with van der Waals surface area (Å²) >= 11 is 0. The van der Waals surface area contributed by atoms with E-state index in [4.69, 9.17) is 13.9 Å². The molecule has 0 N–H and O–H groups in total. The van der Waals surface area contributed by atoms with Crippen molar-refractivity contribution in [2.75, 3.05) is 20.2 Å². The topological polar surface area (TPSA) is 72.2 Å². The zero-order chi connectivity index (χ0) is 22.1. The molecule has 0 spiro atoms. The van der Waals surface area contributed by atoms with Gasteiger partial charge < -0.3 is 23.7 Å². The normalized spacial score (nSPS) is 19.2. The number of nitrogens with zero attached hydrogens (tertiary/aromatic N) is 2. The molecule has 2 aromatic carbocycles. The molecule has 7 nitrogen and oxygen atoms in total. The third kappa shape index (κ3) is 3.82. The summed E-state index contributed by atoms with van der Waals surface area (Å²) in [5, 5.41) is 0. The van der Waals surface area contributed by atoms with E-state index in [9.17, 15) is 9.59 Å². The first-order valence-corrected chi connectivity index (χ1v) is 10.6. The largest absolute Gasteiger partial charge is 0.486 e. The van der Waals surface area contributed by atoms with Crippen molar-refractivity contribution in [3.63, 3.8) is 0 Å². The van der Waals surface area contributed by atoms with E-state index in [1.54, 1.807) is 29.0 Å². The van der Waals surface area contributed by atoms with Crippen LogP contribution < -0.4 is 9.47 Å². The average Bonchev–Trinajstić information content (AvgIpc) is 3.37. The van der Waals surface area contributed by atoms with Gasteiger partial charge in [0.05, 0.1) is 12.8 Å². The number of ether oxygens (including phenoxy) is 2. The highest BCUT2D eigenvalue weighted by molar-refractivity contribution is 5.96. The SMILES string of the molecule is CN(CC1COc2ccccc2O1)C(=O)C1Cc2ccccc2CN1C(=O)c1ccco1. The van der Waals surface area contributed by atoms with Gasteiger partial charge >= 0.3 is 0 Å². The van der Waals surface area contributed by atoms with E-state index >= 15 is 0 Å². The quantitative estimate of drug-likeness (QED) is 0.633. The van der Waals surface area contributed by atoms with Crippen molar-refractivity contribution < 1.29 is 23.5 Å². The summed E-state index contributed by atoms with van der Waals surface area (Å²) in [6.07, 6.45) is 1.63. The Morgan fingerprint density at radius 1 is 1.00 bits per heavy atom. The zero-order valence-electron chi connectivity index (χ0n) is 17.8. The van der Waals surface area contributed by atoms with Gasteiger partial charge in [0, 0.05) is 20.0 Å². The first kappa shape index (κ1) is 20.2. The van der Waals surface area contributed by atoms with E-state index in [1.807, 2.05) is 48.5 Å². The molecule has 2 unspecified atom stereocenters. The Hall–Kier alpha value is -3.74. The maximum atomic E-state index is 13.5. The van der Waals surface area contributed by atoms with Crippen LogP contribution in [0, 0.1) is 0 Å². The Balaban J connectivity index is 1.35. The van der Waals surface area contributed by atoms with E-state index in [-0.39, 0.29) is 23.7 Å². The van der Waals surface area contributed by atoms with Crippen molar-refractivity contribution in [3.8, 4) is 11.5 Å². The number of para-hydroxylation sites is 2. The number of carbonyl (C=O) groups excluding carboxylic acids is 2. The molecule has 0 radical (unpaired) electrons. The summed E-state index contributed by atoms with van der Waals surface area (Å²) in [4.78, 5) is 29.9. The van der Waals surface area contributed by atoms with Crippen molar-refractivity contribution in [2.24, 2.45) is 0 Å². The standard InChI is InChI=1S/C25H24N2O5/c1-26(15-19-16-31-21-9-4-5-10-22(21)32-19)24(28)20-13-17-7-2-3-8-18(17)14-27(20)25(29)23-11-6-12-30-23/h2-12,19-20H,13-16H2,1H3. The third-order valence-corrected chi connectivity index (χ3v) is 5.95. The second-order valence-corrected chi connectivity index (χ2v) is 8.12. The van der Waals surface area contributed by atoms with Gasteiger partial charge in [0.1, 0.15) is 12.6 Å². The van der Waals surface area contributed by atoms with Crippen molar-refractivity contribution in [1.82, 2.24) is 9.80 Å². The van der Waals surface area contributed by atoms with E-state index in [0.717, 1.165) is 11.1 Å². The van der Waals surface area contributed by atoms with E-state index < -0.39 is 6.04 Å². The Morgan fingerprint density at radius 2 is 1.75 bits per heavy atom.